The van der Waals surface area contributed by atoms with Crippen LogP contribution < -0.4 is 11.1 Å². The molecule has 0 bridgehead atoms. The zero-order valence-electron chi connectivity index (χ0n) is 9.97. The fourth-order valence-corrected chi connectivity index (χ4v) is 1.71. The van der Waals surface area contributed by atoms with Crippen LogP contribution in [0, 0.1) is 6.92 Å². The second-order valence-corrected chi connectivity index (χ2v) is 3.96. The highest BCUT2D eigenvalue weighted by atomic mass is 16.4. The van der Waals surface area contributed by atoms with Gasteiger partial charge in [0.1, 0.15) is 0 Å². The molecule has 1 aromatic carbocycles. The minimum absolute atomic E-state index is 0.0301. The van der Waals surface area contributed by atoms with Gasteiger partial charge in [-0.05, 0) is 18.2 Å². The summed E-state index contributed by atoms with van der Waals surface area (Å²) >= 11 is 0. The number of fused-ring (bicyclic) bond motifs is 1. The largest absolute Gasteiger partial charge is 0.408 e. The first-order valence-electron chi connectivity index (χ1n) is 5.48. The normalized spacial score (nSPS) is 10.8. The van der Waals surface area contributed by atoms with Crippen LogP contribution in [0.4, 0.5) is 11.7 Å². The molecule has 1 amide bonds. The topological polar surface area (TPSA) is 123 Å². The number of aromatic nitrogens is 4. The van der Waals surface area contributed by atoms with Crippen LogP contribution in [0.25, 0.3) is 10.9 Å². The molecule has 0 saturated carbocycles. The van der Waals surface area contributed by atoms with Gasteiger partial charge >= 0.3 is 6.01 Å². The lowest BCUT2D eigenvalue weighted by Gasteiger charge is -1.98. The summed E-state index contributed by atoms with van der Waals surface area (Å²) in [5.41, 5.74) is 7.19. The van der Waals surface area contributed by atoms with Crippen molar-refractivity contribution in [1.82, 2.24) is 20.4 Å². The monoisotopic (exact) mass is 258 g/mol. The molecule has 0 atom stereocenters. The Morgan fingerprint density at radius 1 is 1.42 bits per heavy atom. The van der Waals surface area contributed by atoms with E-state index in [-0.39, 0.29) is 11.7 Å². The summed E-state index contributed by atoms with van der Waals surface area (Å²) in [7, 11) is 0. The Hall–Kier alpha value is -2.90. The maximum atomic E-state index is 12.0. The van der Waals surface area contributed by atoms with Crippen LogP contribution in [0.5, 0.6) is 0 Å². The molecule has 0 aliphatic carbocycles. The predicted octanol–water partition coefficient (Wildman–Crippen LogP) is 1.09. The molecule has 0 saturated heterocycles. The van der Waals surface area contributed by atoms with E-state index in [2.05, 4.69) is 25.7 Å². The fourth-order valence-electron chi connectivity index (χ4n) is 1.71. The maximum absolute atomic E-state index is 12.0. The number of carbonyl (C=O) groups is 1. The van der Waals surface area contributed by atoms with Gasteiger partial charge in [-0.3, -0.25) is 15.2 Å². The molecule has 0 unspecified atom stereocenters. The van der Waals surface area contributed by atoms with Gasteiger partial charge in [-0.15, -0.1) is 5.10 Å². The van der Waals surface area contributed by atoms with Crippen molar-refractivity contribution in [2.45, 2.75) is 6.92 Å². The molecule has 3 aromatic rings. The van der Waals surface area contributed by atoms with E-state index in [0.29, 0.717) is 17.0 Å². The smallest absolute Gasteiger partial charge is 0.322 e. The average Bonchev–Trinajstić information content (AvgIpc) is 2.95. The van der Waals surface area contributed by atoms with Crippen molar-refractivity contribution in [3.05, 3.63) is 29.8 Å². The Morgan fingerprint density at radius 2 is 2.26 bits per heavy atom. The van der Waals surface area contributed by atoms with Gasteiger partial charge in [0.05, 0.1) is 5.52 Å². The molecule has 8 heteroatoms. The number of hydrogen-bond donors (Lipinski definition) is 3. The third-order valence-corrected chi connectivity index (χ3v) is 2.55. The number of aryl methyl sites for hydroxylation is 1. The van der Waals surface area contributed by atoms with Crippen molar-refractivity contribution < 1.29 is 9.21 Å². The highest BCUT2D eigenvalue weighted by Crippen LogP contribution is 2.19. The average molecular weight is 258 g/mol. The summed E-state index contributed by atoms with van der Waals surface area (Å²) in [5.74, 6) is -0.0769. The van der Waals surface area contributed by atoms with Gasteiger partial charge in [0.2, 0.25) is 5.89 Å². The number of nitrogens with zero attached hydrogens (tertiary/aromatic N) is 3. The Labute approximate surface area is 107 Å². The zero-order valence-corrected chi connectivity index (χ0v) is 9.97. The Balaban J connectivity index is 1.95. The number of H-pyrrole nitrogens is 1. The van der Waals surface area contributed by atoms with Crippen LogP contribution in [0.1, 0.15) is 16.4 Å². The van der Waals surface area contributed by atoms with Crippen LogP contribution in [-0.2, 0) is 0 Å². The van der Waals surface area contributed by atoms with Gasteiger partial charge in [0.15, 0.2) is 5.69 Å². The molecule has 2 heterocycles. The van der Waals surface area contributed by atoms with E-state index in [9.17, 15) is 4.79 Å². The van der Waals surface area contributed by atoms with E-state index in [1.165, 1.54) is 0 Å². The summed E-state index contributed by atoms with van der Waals surface area (Å²) in [4.78, 5) is 12.0. The van der Waals surface area contributed by atoms with Gasteiger partial charge in [-0.2, -0.15) is 5.10 Å². The van der Waals surface area contributed by atoms with Crippen LogP contribution in [-0.4, -0.2) is 26.3 Å². The number of hydrogen-bond acceptors (Lipinski definition) is 6. The minimum Gasteiger partial charge on any atom is -0.408 e. The number of carbonyl (C=O) groups excluding carboxylic acids is 1. The SMILES string of the molecule is Cc1nnc(NC(=O)c2n[nH]c3ccc(N)cc23)o1. The number of rotatable bonds is 2. The van der Waals surface area contributed by atoms with Crippen LogP contribution in [0.15, 0.2) is 22.6 Å². The summed E-state index contributed by atoms with van der Waals surface area (Å²) in [6, 6.07) is 5.18. The summed E-state index contributed by atoms with van der Waals surface area (Å²) in [6.45, 7) is 1.63. The molecule has 0 radical (unpaired) electrons. The van der Waals surface area contributed by atoms with E-state index < -0.39 is 5.91 Å². The van der Waals surface area contributed by atoms with E-state index in [1.54, 1.807) is 25.1 Å². The molecule has 0 fully saturated rings. The van der Waals surface area contributed by atoms with E-state index in [0.717, 1.165) is 5.52 Å². The first-order valence-corrected chi connectivity index (χ1v) is 5.48. The van der Waals surface area contributed by atoms with Crippen LogP contribution in [0.3, 0.4) is 0 Å². The number of anilines is 2. The van der Waals surface area contributed by atoms with Gasteiger partial charge < -0.3 is 10.2 Å². The summed E-state index contributed by atoms with van der Waals surface area (Å²) < 4.78 is 5.07. The molecule has 0 aliphatic heterocycles. The van der Waals surface area contributed by atoms with Gasteiger partial charge in [0.25, 0.3) is 5.91 Å². The molecule has 2 aromatic heterocycles. The van der Waals surface area contributed by atoms with Crippen molar-refractivity contribution >= 4 is 28.5 Å². The summed E-state index contributed by atoms with van der Waals surface area (Å²) in [5, 5.41) is 17.1. The number of nitrogen functional groups attached to an aromatic ring is 1. The van der Waals surface area contributed by atoms with Crippen LogP contribution in [0.2, 0.25) is 0 Å². The number of benzene rings is 1. The third kappa shape index (κ3) is 1.99. The Bertz CT molecular complexity index is 759. The Kier molecular flexibility index (Phi) is 2.41. The second kappa shape index (κ2) is 4.09. The van der Waals surface area contributed by atoms with Crippen molar-refractivity contribution in [2.75, 3.05) is 11.1 Å². The van der Waals surface area contributed by atoms with E-state index >= 15 is 0 Å². The maximum Gasteiger partial charge on any atom is 0.322 e. The zero-order chi connectivity index (χ0) is 13.4. The quantitative estimate of drug-likeness (QED) is 0.591. The number of amides is 1. The molecular formula is C11H10N6O2. The molecule has 3 rings (SSSR count). The lowest BCUT2D eigenvalue weighted by atomic mass is 10.2. The fraction of sp³-hybridized carbons (Fsp3) is 0.0909. The highest BCUT2D eigenvalue weighted by Gasteiger charge is 2.16. The second-order valence-electron chi connectivity index (χ2n) is 3.96. The standard InChI is InChI=1S/C11H10N6O2/c1-5-14-17-11(19-5)13-10(18)9-7-4-6(12)2-3-8(7)15-16-9/h2-4H,12H2,1H3,(H,15,16)(H,13,17,18). The van der Waals surface area contributed by atoms with Crippen molar-refractivity contribution in [1.29, 1.82) is 0 Å². The highest BCUT2D eigenvalue weighted by molar-refractivity contribution is 6.10. The lowest BCUT2D eigenvalue weighted by molar-refractivity contribution is 0.102. The molecule has 8 nitrogen and oxygen atoms in total. The molecule has 96 valence electrons. The summed E-state index contributed by atoms with van der Waals surface area (Å²) in [6.07, 6.45) is 0. The molecule has 4 N–H and O–H groups in total. The van der Waals surface area contributed by atoms with E-state index in [1.807, 2.05) is 0 Å². The van der Waals surface area contributed by atoms with Gasteiger partial charge in [-0.1, -0.05) is 5.10 Å². The molecule has 0 spiro atoms. The molecule has 0 aliphatic rings. The van der Waals surface area contributed by atoms with E-state index in [4.69, 9.17) is 10.2 Å². The number of aromatic amines is 1. The van der Waals surface area contributed by atoms with Crippen molar-refractivity contribution in [3.63, 3.8) is 0 Å². The van der Waals surface area contributed by atoms with Crippen molar-refractivity contribution in [3.8, 4) is 0 Å². The minimum atomic E-state index is -0.444. The number of nitrogens with two attached hydrogens (primary N) is 1. The Morgan fingerprint density at radius 3 is 3.00 bits per heavy atom. The van der Waals surface area contributed by atoms with Gasteiger partial charge in [0, 0.05) is 18.0 Å². The predicted molar refractivity (Wildman–Crippen MR) is 67.5 cm³/mol. The molecular weight excluding hydrogens is 248 g/mol. The lowest BCUT2D eigenvalue weighted by Crippen LogP contribution is -2.13. The molecule has 19 heavy (non-hydrogen) atoms. The van der Waals surface area contributed by atoms with Crippen molar-refractivity contribution in [2.24, 2.45) is 0 Å². The van der Waals surface area contributed by atoms with Crippen LogP contribution >= 0.6 is 0 Å². The first kappa shape index (κ1) is 11.2. The first-order chi connectivity index (χ1) is 9.13. The number of nitrogens with one attached hydrogen (secondary N) is 2. The third-order valence-electron chi connectivity index (χ3n) is 2.55. The van der Waals surface area contributed by atoms with Gasteiger partial charge in [-0.25, -0.2) is 0 Å².